The van der Waals surface area contributed by atoms with Gasteiger partial charge in [0, 0.05) is 21.4 Å². The summed E-state index contributed by atoms with van der Waals surface area (Å²) in [4.78, 5) is 13.9. The number of halogens is 1. The molecule has 0 saturated carbocycles. The van der Waals surface area contributed by atoms with Crippen molar-refractivity contribution in [1.82, 2.24) is 24.8 Å². The lowest BCUT2D eigenvalue weighted by atomic mass is 10.0. The molecule has 5 rings (SSSR count). The highest BCUT2D eigenvalue weighted by molar-refractivity contribution is 14.1. The molecule has 0 unspecified atom stereocenters. The van der Waals surface area contributed by atoms with Crippen LogP contribution in [0.3, 0.4) is 0 Å². The van der Waals surface area contributed by atoms with Crippen LogP contribution >= 0.6 is 22.6 Å². The summed E-state index contributed by atoms with van der Waals surface area (Å²) < 4.78 is 9.38. The van der Waals surface area contributed by atoms with Crippen LogP contribution in [0.2, 0.25) is 0 Å². The van der Waals surface area contributed by atoms with Crippen molar-refractivity contribution in [1.29, 1.82) is 0 Å². The minimum Gasteiger partial charge on any atom is -0.424 e. The number of rotatable bonds is 5. The summed E-state index contributed by atoms with van der Waals surface area (Å²) in [5.41, 5.74) is 3.82. The van der Waals surface area contributed by atoms with Gasteiger partial charge in [0.15, 0.2) is 0 Å². The van der Waals surface area contributed by atoms with Crippen molar-refractivity contribution in [3.8, 4) is 34.4 Å². The summed E-state index contributed by atoms with van der Waals surface area (Å²) in [5, 5.41) is 3.44. The molecule has 1 saturated heterocycles. The zero-order chi connectivity index (χ0) is 21.0. The van der Waals surface area contributed by atoms with Gasteiger partial charge in [-0.3, -0.25) is 0 Å². The minimum atomic E-state index is 0.329. The van der Waals surface area contributed by atoms with Crippen LogP contribution in [-0.2, 0) is 0 Å². The van der Waals surface area contributed by atoms with Crippen molar-refractivity contribution in [2.75, 3.05) is 13.1 Å². The molecule has 1 aliphatic rings. The van der Waals surface area contributed by atoms with Crippen LogP contribution in [-0.4, -0.2) is 32.6 Å². The molecule has 0 radical (unpaired) electrons. The van der Waals surface area contributed by atoms with Gasteiger partial charge in [-0.25, -0.2) is 9.97 Å². The monoisotopic (exact) mass is 523 g/mol. The third kappa shape index (κ3) is 4.47. The minimum absolute atomic E-state index is 0.329. The Kier molecular flexibility index (Phi) is 5.95. The molecule has 1 aliphatic heterocycles. The summed E-state index contributed by atoms with van der Waals surface area (Å²) >= 11 is 2.32. The second-order valence-corrected chi connectivity index (χ2v) is 8.72. The summed E-state index contributed by atoms with van der Waals surface area (Å²) in [5.74, 6) is 0.712. The van der Waals surface area contributed by atoms with Gasteiger partial charge in [0.05, 0.1) is 23.4 Å². The predicted molar refractivity (Wildman–Crippen MR) is 129 cm³/mol. The Hall–Kier alpha value is -2.78. The van der Waals surface area contributed by atoms with Gasteiger partial charge in [0.25, 0.3) is 0 Å². The molecule has 0 bridgehead atoms. The highest BCUT2D eigenvalue weighted by Gasteiger charge is 2.23. The quantitative estimate of drug-likeness (QED) is 0.359. The molecule has 1 N–H and O–H groups in total. The molecule has 4 aromatic rings. The second-order valence-electron chi connectivity index (χ2n) is 7.48. The van der Waals surface area contributed by atoms with E-state index in [1.54, 1.807) is 6.20 Å². The van der Waals surface area contributed by atoms with Crippen molar-refractivity contribution < 1.29 is 4.74 Å². The van der Waals surface area contributed by atoms with E-state index in [1.165, 1.54) is 3.57 Å². The van der Waals surface area contributed by atoms with Gasteiger partial charge in [-0.1, -0.05) is 30.3 Å². The fraction of sp³-hybridized carbons (Fsp3) is 0.208. The topological polar surface area (TPSA) is 64.9 Å². The predicted octanol–water partition coefficient (Wildman–Crippen LogP) is 5.33. The number of ether oxygens (including phenoxy) is 1. The number of nitrogens with zero attached hydrogens (tertiary/aromatic N) is 4. The number of imidazole rings is 1. The van der Waals surface area contributed by atoms with E-state index in [0.717, 1.165) is 48.6 Å². The molecule has 7 heteroatoms. The standard InChI is InChI=1S/C24H22IN5O/c25-18-8-6-17(7-9-18)22-23(30(16-28-22)19-10-13-26-14-11-19)21-12-15-27-24(29-21)31-20-4-2-1-3-5-20/h1-9,12,15-16,19,26H,10-11,13-14H2. The number of benzene rings is 2. The molecule has 0 aliphatic carbocycles. The Morgan fingerprint density at radius 3 is 2.48 bits per heavy atom. The van der Waals surface area contributed by atoms with Crippen LogP contribution in [0.5, 0.6) is 11.8 Å². The number of hydrogen-bond acceptors (Lipinski definition) is 5. The Labute approximate surface area is 194 Å². The SMILES string of the molecule is Ic1ccc(-c2ncn(C3CCNCC3)c2-c2ccnc(Oc3ccccc3)n2)cc1. The highest BCUT2D eigenvalue weighted by Crippen LogP contribution is 2.35. The fourth-order valence-corrected chi connectivity index (χ4v) is 4.27. The van der Waals surface area contributed by atoms with Gasteiger partial charge in [-0.2, -0.15) is 4.98 Å². The van der Waals surface area contributed by atoms with Gasteiger partial charge >= 0.3 is 6.01 Å². The summed E-state index contributed by atoms with van der Waals surface area (Å²) in [7, 11) is 0. The van der Waals surface area contributed by atoms with Gasteiger partial charge in [0.2, 0.25) is 0 Å². The maximum atomic E-state index is 5.90. The lowest BCUT2D eigenvalue weighted by Crippen LogP contribution is -2.29. The molecule has 31 heavy (non-hydrogen) atoms. The first-order valence-electron chi connectivity index (χ1n) is 10.4. The number of piperidine rings is 1. The third-order valence-corrected chi connectivity index (χ3v) is 6.16. The van der Waals surface area contributed by atoms with E-state index in [9.17, 15) is 0 Å². The van der Waals surface area contributed by atoms with E-state index < -0.39 is 0 Å². The summed E-state index contributed by atoms with van der Waals surface area (Å²) in [6.45, 7) is 2.01. The third-order valence-electron chi connectivity index (χ3n) is 5.44. The molecular weight excluding hydrogens is 501 g/mol. The van der Waals surface area contributed by atoms with Crippen LogP contribution in [0.25, 0.3) is 22.6 Å². The molecule has 1 fully saturated rings. The number of hydrogen-bond donors (Lipinski definition) is 1. The van der Waals surface area contributed by atoms with Crippen molar-refractivity contribution in [2.24, 2.45) is 0 Å². The van der Waals surface area contributed by atoms with Gasteiger partial charge in [-0.05, 0) is 78.9 Å². The Bertz CT molecular complexity index is 1150. The van der Waals surface area contributed by atoms with Crippen LogP contribution in [0.4, 0.5) is 0 Å². The fourth-order valence-electron chi connectivity index (χ4n) is 3.91. The highest BCUT2D eigenvalue weighted by atomic mass is 127. The average Bonchev–Trinajstić information content (AvgIpc) is 3.26. The molecule has 2 aromatic carbocycles. The molecule has 0 atom stereocenters. The van der Waals surface area contributed by atoms with Gasteiger partial charge in [-0.15, -0.1) is 0 Å². The smallest absolute Gasteiger partial charge is 0.322 e. The molecule has 3 heterocycles. The number of para-hydroxylation sites is 1. The van der Waals surface area contributed by atoms with E-state index in [1.807, 2.05) is 42.7 Å². The maximum absolute atomic E-state index is 5.90. The first-order valence-corrected chi connectivity index (χ1v) is 11.5. The maximum Gasteiger partial charge on any atom is 0.322 e. The van der Waals surface area contributed by atoms with E-state index in [4.69, 9.17) is 14.7 Å². The van der Waals surface area contributed by atoms with Crippen molar-refractivity contribution >= 4 is 22.6 Å². The van der Waals surface area contributed by atoms with E-state index >= 15 is 0 Å². The molecule has 0 spiro atoms. The summed E-state index contributed by atoms with van der Waals surface area (Å²) in [6, 6.07) is 20.7. The molecule has 156 valence electrons. The van der Waals surface area contributed by atoms with Crippen molar-refractivity contribution in [3.05, 3.63) is 76.8 Å². The largest absolute Gasteiger partial charge is 0.424 e. The lowest BCUT2D eigenvalue weighted by Gasteiger charge is -2.25. The first-order chi connectivity index (χ1) is 15.3. The number of nitrogens with one attached hydrogen (secondary N) is 1. The molecule has 2 aromatic heterocycles. The van der Waals surface area contributed by atoms with Crippen LogP contribution in [0.15, 0.2) is 73.2 Å². The lowest BCUT2D eigenvalue weighted by molar-refractivity contribution is 0.370. The Morgan fingerprint density at radius 1 is 0.935 bits per heavy atom. The molecular formula is C24H22IN5O. The first kappa shape index (κ1) is 20.1. The van der Waals surface area contributed by atoms with Crippen LogP contribution in [0, 0.1) is 3.57 Å². The van der Waals surface area contributed by atoms with E-state index in [2.05, 4.69) is 61.7 Å². The average molecular weight is 523 g/mol. The van der Waals surface area contributed by atoms with E-state index in [-0.39, 0.29) is 0 Å². The van der Waals surface area contributed by atoms with Gasteiger partial charge < -0.3 is 14.6 Å². The van der Waals surface area contributed by atoms with Gasteiger partial charge in [0.1, 0.15) is 5.75 Å². The Morgan fingerprint density at radius 2 is 1.71 bits per heavy atom. The normalized spacial score (nSPS) is 14.5. The molecule has 0 amide bonds. The van der Waals surface area contributed by atoms with Crippen molar-refractivity contribution in [3.63, 3.8) is 0 Å². The zero-order valence-electron chi connectivity index (χ0n) is 16.9. The molecule has 6 nitrogen and oxygen atoms in total. The van der Waals surface area contributed by atoms with E-state index in [0.29, 0.717) is 17.8 Å². The van der Waals surface area contributed by atoms with Crippen molar-refractivity contribution in [2.45, 2.75) is 18.9 Å². The Balaban J connectivity index is 1.58. The zero-order valence-corrected chi connectivity index (χ0v) is 19.1. The van der Waals surface area contributed by atoms with Crippen LogP contribution < -0.4 is 10.1 Å². The second kappa shape index (κ2) is 9.15. The van der Waals surface area contributed by atoms with Crippen LogP contribution in [0.1, 0.15) is 18.9 Å². The summed E-state index contributed by atoms with van der Waals surface area (Å²) in [6.07, 6.45) is 5.83. The number of aromatic nitrogens is 4.